The fraction of sp³-hybridized carbons (Fsp3) is 0.267. The summed E-state index contributed by atoms with van der Waals surface area (Å²) in [4.78, 5) is 61.0. The van der Waals surface area contributed by atoms with Crippen LogP contribution in [0.4, 0.5) is 9.59 Å². The first-order valence-electron chi connectivity index (χ1n) is 13.3. The number of rotatable bonds is 14. The summed E-state index contributed by atoms with van der Waals surface area (Å²) in [5.41, 5.74) is 2.03. The molecule has 0 heterocycles. The molecule has 0 fully saturated rings. The van der Waals surface area contributed by atoms with Gasteiger partial charge in [-0.15, -0.1) is 0 Å². The number of carboxylic acids is 1. The van der Waals surface area contributed by atoms with Crippen LogP contribution < -0.4 is 16.0 Å². The highest BCUT2D eigenvalue weighted by Crippen LogP contribution is 2.39. The number of alkyl carbamates (subject to hydrolysis) is 2. The average Bonchev–Trinajstić information content (AvgIpc) is 2.99. The topological polar surface area (TPSA) is 180 Å². The van der Waals surface area contributed by atoms with Crippen LogP contribution in [0.2, 0.25) is 0 Å². The van der Waals surface area contributed by atoms with Crippen LogP contribution in [0.3, 0.4) is 0 Å². The van der Waals surface area contributed by atoms with Gasteiger partial charge in [-0.2, -0.15) is 0 Å². The van der Waals surface area contributed by atoms with Crippen LogP contribution in [0.1, 0.15) is 30.0 Å². The SMILES string of the molecule is CC(NC(=O)OCc1ccccc1)C(CC(=O)O)(NC(=O)[C@H](Cc1ccccc1)NC(=O)OCc1ccccc1)[PH](=O)O. The van der Waals surface area contributed by atoms with Crippen molar-refractivity contribution in [3.05, 3.63) is 108 Å². The van der Waals surface area contributed by atoms with Gasteiger partial charge in [0.25, 0.3) is 0 Å². The Kier molecular flexibility index (Phi) is 12.3. The van der Waals surface area contributed by atoms with Crippen LogP contribution in [0, 0.1) is 0 Å². The highest BCUT2D eigenvalue weighted by molar-refractivity contribution is 7.40. The highest BCUT2D eigenvalue weighted by atomic mass is 31.1. The quantitative estimate of drug-likeness (QED) is 0.170. The van der Waals surface area contributed by atoms with Crippen LogP contribution in [0.25, 0.3) is 0 Å². The van der Waals surface area contributed by atoms with Gasteiger partial charge in [0, 0.05) is 6.42 Å². The van der Waals surface area contributed by atoms with Crippen molar-refractivity contribution in [1.82, 2.24) is 16.0 Å². The Morgan fingerprint density at radius 1 is 0.767 bits per heavy atom. The summed E-state index contributed by atoms with van der Waals surface area (Å²) in [7, 11) is -3.89. The van der Waals surface area contributed by atoms with Crippen molar-refractivity contribution >= 4 is 32.1 Å². The zero-order valence-electron chi connectivity index (χ0n) is 23.4. The maximum absolute atomic E-state index is 13.6. The van der Waals surface area contributed by atoms with E-state index in [0.717, 1.165) is 0 Å². The molecule has 5 N–H and O–H groups in total. The molecular formula is C30H34N3O9P. The second-order valence-corrected chi connectivity index (χ2v) is 11.2. The van der Waals surface area contributed by atoms with Gasteiger partial charge in [0.1, 0.15) is 24.5 Å². The maximum atomic E-state index is 13.6. The molecule has 43 heavy (non-hydrogen) atoms. The molecular weight excluding hydrogens is 577 g/mol. The van der Waals surface area contributed by atoms with Gasteiger partial charge in [0.05, 0.1) is 12.5 Å². The predicted molar refractivity (Wildman–Crippen MR) is 157 cm³/mol. The Morgan fingerprint density at radius 2 is 1.21 bits per heavy atom. The van der Waals surface area contributed by atoms with Crippen LogP contribution in [-0.4, -0.2) is 51.4 Å². The Hall–Kier alpha value is -4.67. The number of carboxylic acid groups (broad SMARTS) is 1. The fourth-order valence-electron chi connectivity index (χ4n) is 4.20. The number of nitrogens with one attached hydrogen (secondary N) is 3. The van der Waals surface area contributed by atoms with Crippen molar-refractivity contribution in [2.45, 2.75) is 50.3 Å². The van der Waals surface area contributed by atoms with Crippen molar-refractivity contribution in [2.75, 3.05) is 0 Å². The lowest BCUT2D eigenvalue weighted by atomic mass is 10.0. The van der Waals surface area contributed by atoms with E-state index in [1.54, 1.807) is 91.0 Å². The Bertz CT molecular complexity index is 1390. The molecule has 0 aromatic heterocycles. The molecule has 0 saturated carbocycles. The number of amides is 3. The molecule has 0 bridgehead atoms. The molecule has 3 aromatic carbocycles. The van der Waals surface area contributed by atoms with E-state index in [4.69, 9.17) is 9.47 Å². The molecule has 3 amide bonds. The lowest BCUT2D eigenvalue weighted by Crippen LogP contribution is -2.63. The molecule has 0 aliphatic carbocycles. The normalized spacial score (nSPS) is 14.2. The van der Waals surface area contributed by atoms with Gasteiger partial charge in [-0.25, -0.2) is 9.59 Å². The summed E-state index contributed by atoms with van der Waals surface area (Å²) in [6.45, 7) is 1.09. The lowest BCUT2D eigenvalue weighted by Gasteiger charge is -2.37. The number of aliphatic carboxylic acids is 1. The van der Waals surface area contributed by atoms with Crippen LogP contribution >= 0.6 is 8.03 Å². The number of ether oxygens (including phenoxy) is 2. The second kappa shape index (κ2) is 16.1. The number of hydrogen-bond donors (Lipinski definition) is 5. The van der Waals surface area contributed by atoms with Gasteiger partial charge < -0.3 is 35.4 Å². The molecule has 0 aliphatic rings. The molecule has 0 aliphatic heterocycles. The minimum atomic E-state index is -3.89. The number of carbonyl (C=O) groups is 4. The molecule has 0 spiro atoms. The first-order chi connectivity index (χ1) is 20.6. The van der Waals surface area contributed by atoms with E-state index in [1.165, 1.54) is 6.92 Å². The zero-order valence-corrected chi connectivity index (χ0v) is 24.4. The Morgan fingerprint density at radius 3 is 1.65 bits per heavy atom. The largest absolute Gasteiger partial charge is 0.481 e. The molecule has 228 valence electrons. The number of benzene rings is 3. The highest BCUT2D eigenvalue weighted by Gasteiger charge is 2.47. The van der Waals surface area contributed by atoms with E-state index >= 15 is 0 Å². The zero-order chi connectivity index (χ0) is 31.2. The predicted octanol–water partition coefficient (Wildman–Crippen LogP) is 3.59. The smallest absolute Gasteiger partial charge is 0.408 e. The van der Waals surface area contributed by atoms with E-state index in [0.29, 0.717) is 16.7 Å². The van der Waals surface area contributed by atoms with Gasteiger partial charge >= 0.3 is 18.2 Å². The summed E-state index contributed by atoms with van der Waals surface area (Å²) in [6, 6.07) is 23.5. The minimum Gasteiger partial charge on any atom is -0.481 e. The molecule has 13 heteroatoms. The van der Waals surface area contributed by atoms with E-state index in [-0.39, 0.29) is 19.6 Å². The molecule has 4 atom stereocenters. The van der Waals surface area contributed by atoms with Crippen molar-refractivity contribution in [2.24, 2.45) is 0 Å². The summed E-state index contributed by atoms with van der Waals surface area (Å²) >= 11 is 0. The molecule has 3 rings (SSSR count). The van der Waals surface area contributed by atoms with Crippen molar-refractivity contribution in [1.29, 1.82) is 0 Å². The maximum Gasteiger partial charge on any atom is 0.408 e. The molecule has 0 radical (unpaired) electrons. The third-order valence-electron chi connectivity index (χ3n) is 6.55. The van der Waals surface area contributed by atoms with Crippen molar-refractivity contribution in [3.8, 4) is 0 Å². The lowest BCUT2D eigenvalue weighted by molar-refractivity contribution is -0.138. The van der Waals surface area contributed by atoms with Gasteiger partial charge in [-0.3, -0.25) is 14.2 Å². The summed E-state index contributed by atoms with van der Waals surface area (Å²) in [5, 5.41) is 14.5. The second-order valence-electron chi connectivity index (χ2n) is 9.71. The summed E-state index contributed by atoms with van der Waals surface area (Å²) in [5.74, 6) is -2.46. The Labute approximate surface area is 249 Å². The monoisotopic (exact) mass is 611 g/mol. The van der Waals surface area contributed by atoms with E-state index < -0.39 is 55.9 Å². The molecule has 12 nitrogen and oxygen atoms in total. The molecule has 3 aromatic rings. The van der Waals surface area contributed by atoms with E-state index in [9.17, 15) is 33.7 Å². The van der Waals surface area contributed by atoms with Gasteiger partial charge in [0.2, 0.25) is 13.9 Å². The first-order valence-corrected chi connectivity index (χ1v) is 14.7. The summed E-state index contributed by atoms with van der Waals surface area (Å²) < 4.78 is 23.2. The van der Waals surface area contributed by atoms with Crippen LogP contribution in [0.15, 0.2) is 91.0 Å². The standard InChI is InChI=1S/C30H34N3O9P/c1-21(31-28(37)41-19-23-13-7-3-8-14-23)30(43(39)40,18-26(34)35)33-27(36)25(17-22-11-5-2-6-12-22)32-29(38)42-20-24-15-9-4-10-16-24/h2-16,21,25,43H,17-20H2,1H3,(H,31,37)(H,32,38)(H,33,36)(H,34,35)(H,39,40)/t21?,25-,30?/m0/s1. The third-order valence-corrected chi connectivity index (χ3v) is 8.05. The van der Waals surface area contributed by atoms with E-state index in [2.05, 4.69) is 16.0 Å². The molecule has 0 saturated heterocycles. The average molecular weight is 612 g/mol. The Balaban J connectivity index is 1.79. The van der Waals surface area contributed by atoms with Crippen LogP contribution in [-0.2, 0) is 43.3 Å². The van der Waals surface area contributed by atoms with E-state index in [1.807, 2.05) is 0 Å². The van der Waals surface area contributed by atoms with Gasteiger partial charge in [0.15, 0.2) is 0 Å². The van der Waals surface area contributed by atoms with Crippen LogP contribution in [0.5, 0.6) is 0 Å². The fourth-order valence-corrected chi connectivity index (χ4v) is 5.17. The summed E-state index contributed by atoms with van der Waals surface area (Å²) in [6.07, 6.45) is -2.99. The minimum absolute atomic E-state index is 0.0520. The van der Waals surface area contributed by atoms with Gasteiger partial charge in [-0.1, -0.05) is 91.0 Å². The van der Waals surface area contributed by atoms with Crippen molar-refractivity contribution < 1.29 is 43.2 Å². The van der Waals surface area contributed by atoms with Crippen molar-refractivity contribution in [3.63, 3.8) is 0 Å². The van der Waals surface area contributed by atoms with Gasteiger partial charge in [-0.05, 0) is 23.6 Å². The third kappa shape index (κ3) is 10.3. The molecule has 3 unspecified atom stereocenters. The first kappa shape index (κ1) is 32.8. The number of hydrogen-bond acceptors (Lipinski definition) is 7. The number of carbonyl (C=O) groups excluding carboxylic acids is 3.